The largest absolute Gasteiger partial charge is 0.395 e. The summed E-state index contributed by atoms with van der Waals surface area (Å²) in [5, 5.41) is 4.40. The van der Waals surface area contributed by atoms with Gasteiger partial charge in [-0.1, -0.05) is 25.9 Å². The molecule has 0 saturated heterocycles. The van der Waals surface area contributed by atoms with E-state index in [2.05, 4.69) is 25.9 Å². The zero-order valence-electron chi connectivity index (χ0n) is 16.8. The topological polar surface area (TPSA) is 64.7 Å². The molecule has 0 aromatic carbocycles. The van der Waals surface area contributed by atoms with E-state index in [-0.39, 0.29) is 5.41 Å². The molecule has 1 unspecified atom stereocenters. The van der Waals surface area contributed by atoms with Crippen LogP contribution in [-0.2, 0) is 9.63 Å². The van der Waals surface area contributed by atoms with Crippen LogP contribution < -0.4 is 5.73 Å². The van der Waals surface area contributed by atoms with Gasteiger partial charge in [0.05, 0.1) is 5.71 Å². The van der Waals surface area contributed by atoms with E-state index in [1.165, 1.54) is 25.0 Å². The van der Waals surface area contributed by atoms with Gasteiger partial charge in [-0.05, 0) is 80.0 Å². The molecule has 4 fully saturated rings. The lowest BCUT2D eigenvalue weighted by molar-refractivity contribution is -0.141. The fourth-order valence-electron chi connectivity index (χ4n) is 7.57. The van der Waals surface area contributed by atoms with Crippen LogP contribution in [0.1, 0.15) is 72.1 Å². The van der Waals surface area contributed by atoms with Crippen molar-refractivity contribution in [3.05, 3.63) is 0 Å². The lowest BCUT2D eigenvalue weighted by atomic mass is 9.43. The van der Waals surface area contributed by atoms with E-state index in [0.29, 0.717) is 42.1 Å². The Morgan fingerprint density at radius 2 is 1.96 bits per heavy atom. The van der Waals surface area contributed by atoms with E-state index in [0.717, 1.165) is 43.9 Å². The van der Waals surface area contributed by atoms with Crippen LogP contribution in [0.15, 0.2) is 5.16 Å². The van der Waals surface area contributed by atoms with Crippen LogP contribution in [0, 0.1) is 40.4 Å². The summed E-state index contributed by atoms with van der Waals surface area (Å²) in [5.74, 6) is 4.15. The lowest BCUT2D eigenvalue weighted by Crippen LogP contribution is -2.56. The fourth-order valence-corrected chi connectivity index (χ4v) is 7.57. The Balaban J connectivity index is 1.56. The van der Waals surface area contributed by atoms with Crippen LogP contribution in [0.25, 0.3) is 0 Å². The second-order valence-corrected chi connectivity index (χ2v) is 10.1. The third kappa shape index (κ3) is 2.66. The van der Waals surface area contributed by atoms with E-state index in [4.69, 9.17) is 10.6 Å². The molecule has 7 atom stereocenters. The fraction of sp³-hybridized carbons (Fsp3) is 0.909. The molecule has 0 spiro atoms. The van der Waals surface area contributed by atoms with Gasteiger partial charge >= 0.3 is 0 Å². The number of hydrogen-bond acceptors (Lipinski definition) is 4. The van der Waals surface area contributed by atoms with Crippen molar-refractivity contribution >= 4 is 11.5 Å². The van der Waals surface area contributed by atoms with Crippen LogP contribution in [0.4, 0.5) is 0 Å². The molecule has 146 valence electrons. The zero-order chi connectivity index (χ0) is 18.5. The summed E-state index contributed by atoms with van der Waals surface area (Å²) in [5.41, 5.74) is 7.14. The minimum absolute atomic E-state index is 0.0125. The number of carbonyl (C=O) groups is 1. The third-order valence-electron chi connectivity index (χ3n) is 8.98. The number of carbonyl (C=O) groups excluding carboxylic acids is 1. The molecule has 2 N–H and O–H groups in total. The molecule has 4 saturated carbocycles. The SMILES string of the molecule is C[C@H]1C[C@@H]2[C@H](CC[C@]3(C)C(=O)CC[C@@H]23)[C@@]2(C)CCC(=NOCCN)CC12. The van der Waals surface area contributed by atoms with Gasteiger partial charge in [0.1, 0.15) is 12.4 Å². The Bertz CT molecular complexity index is 603. The van der Waals surface area contributed by atoms with E-state index >= 15 is 0 Å². The number of fused-ring (bicyclic) bond motifs is 5. The zero-order valence-corrected chi connectivity index (χ0v) is 16.8. The number of nitrogens with zero attached hydrogens (tertiary/aromatic N) is 1. The second-order valence-electron chi connectivity index (χ2n) is 10.1. The maximum atomic E-state index is 12.6. The highest BCUT2D eigenvalue weighted by molar-refractivity contribution is 5.87. The van der Waals surface area contributed by atoms with Gasteiger partial charge in [0.2, 0.25) is 0 Å². The highest BCUT2D eigenvalue weighted by Gasteiger charge is 2.61. The number of Topliss-reactive ketones (excluding diaryl/α,β-unsaturated/α-hetero) is 1. The summed E-state index contributed by atoms with van der Waals surface area (Å²) in [6.45, 7) is 8.33. The standard InChI is InChI=1S/C22H36N2O2/c1-14-12-16-17-4-5-20(25)22(17,3)9-7-18(16)21(2)8-6-15(13-19(14)21)24-26-11-10-23/h14,16-19H,4-13,23H2,1-3H3/t14-,16-,17-,18-,19?,21+,22-/m0/s1. The minimum Gasteiger partial charge on any atom is -0.395 e. The van der Waals surface area contributed by atoms with E-state index in [9.17, 15) is 4.79 Å². The predicted octanol–water partition coefficient (Wildman–Crippen LogP) is 4.18. The predicted molar refractivity (Wildman–Crippen MR) is 104 cm³/mol. The third-order valence-corrected chi connectivity index (χ3v) is 8.98. The van der Waals surface area contributed by atoms with Crippen molar-refractivity contribution in [3.8, 4) is 0 Å². The van der Waals surface area contributed by atoms with E-state index < -0.39 is 0 Å². The molecule has 0 heterocycles. The molecule has 0 bridgehead atoms. The smallest absolute Gasteiger partial charge is 0.139 e. The first kappa shape index (κ1) is 18.5. The molecule has 0 aromatic rings. The van der Waals surface area contributed by atoms with E-state index in [1.807, 2.05) is 0 Å². The quantitative estimate of drug-likeness (QED) is 0.607. The monoisotopic (exact) mass is 360 g/mol. The highest BCUT2D eigenvalue weighted by Crippen LogP contribution is 2.66. The van der Waals surface area contributed by atoms with Crippen molar-refractivity contribution in [3.63, 3.8) is 0 Å². The van der Waals surface area contributed by atoms with Gasteiger partial charge in [0.15, 0.2) is 0 Å². The van der Waals surface area contributed by atoms with Crippen molar-refractivity contribution in [1.29, 1.82) is 0 Å². The number of rotatable bonds is 3. The van der Waals surface area contributed by atoms with Crippen LogP contribution in [-0.4, -0.2) is 24.6 Å². The summed E-state index contributed by atoms with van der Waals surface area (Å²) in [6, 6.07) is 0. The molecule has 0 radical (unpaired) electrons. The lowest BCUT2D eigenvalue weighted by Gasteiger charge is -2.61. The van der Waals surface area contributed by atoms with Crippen molar-refractivity contribution in [2.45, 2.75) is 72.1 Å². The molecule has 0 aromatic heterocycles. The maximum absolute atomic E-state index is 12.6. The number of hydrogen-bond donors (Lipinski definition) is 1. The first-order valence-corrected chi connectivity index (χ1v) is 10.8. The molecule has 4 aliphatic carbocycles. The van der Waals surface area contributed by atoms with E-state index in [1.54, 1.807) is 0 Å². The summed E-state index contributed by atoms with van der Waals surface area (Å²) in [7, 11) is 0. The van der Waals surface area contributed by atoms with Gasteiger partial charge in [-0.25, -0.2) is 0 Å². The van der Waals surface area contributed by atoms with Crippen molar-refractivity contribution in [1.82, 2.24) is 0 Å². The molecular weight excluding hydrogens is 324 g/mol. The molecule has 4 heteroatoms. The number of oxime groups is 1. The molecule has 4 rings (SSSR count). The molecule has 0 aliphatic heterocycles. The molecule has 0 amide bonds. The average molecular weight is 361 g/mol. The van der Waals surface area contributed by atoms with Gasteiger partial charge in [-0.2, -0.15) is 0 Å². The van der Waals surface area contributed by atoms with Crippen LogP contribution >= 0.6 is 0 Å². The Kier molecular flexibility index (Phi) is 4.70. The molecule has 26 heavy (non-hydrogen) atoms. The average Bonchev–Trinajstić information content (AvgIpc) is 2.92. The molecule has 4 nitrogen and oxygen atoms in total. The molecule has 4 aliphatic rings. The van der Waals surface area contributed by atoms with Crippen LogP contribution in [0.3, 0.4) is 0 Å². The summed E-state index contributed by atoms with van der Waals surface area (Å²) < 4.78 is 0. The molecular formula is C22H36N2O2. The van der Waals surface area contributed by atoms with Crippen LogP contribution in [0.5, 0.6) is 0 Å². The maximum Gasteiger partial charge on any atom is 0.139 e. The summed E-state index contributed by atoms with van der Waals surface area (Å²) in [6.07, 6.45) is 9.02. The number of ketones is 1. The van der Waals surface area contributed by atoms with Crippen molar-refractivity contribution in [2.24, 2.45) is 51.3 Å². The van der Waals surface area contributed by atoms with Gasteiger partial charge in [-0.3, -0.25) is 4.79 Å². The first-order valence-electron chi connectivity index (χ1n) is 10.8. The van der Waals surface area contributed by atoms with Gasteiger partial charge in [0.25, 0.3) is 0 Å². The van der Waals surface area contributed by atoms with Gasteiger partial charge in [-0.15, -0.1) is 0 Å². The second kappa shape index (κ2) is 6.61. The van der Waals surface area contributed by atoms with Crippen molar-refractivity contribution < 1.29 is 9.63 Å². The summed E-state index contributed by atoms with van der Waals surface area (Å²) >= 11 is 0. The Morgan fingerprint density at radius 3 is 2.73 bits per heavy atom. The van der Waals surface area contributed by atoms with Crippen molar-refractivity contribution in [2.75, 3.05) is 13.2 Å². The normalized spacial score (nSPS) is 49.5. The minimum atomic E-state index is -0.0125. The number of nitrogens with two attached hydrogens (primary N) is 1. The Hall–Kier alpha value is -0.900. The first-order chi connectivity index (χ1) is 12.4. The highest BCUT2D eigenvalue weighted by atomic mass is 16.6. The Morgan fingerprint density at radius 1 is 1.15 bits per heavy atom. The Labute approximate surface area is 158 Å². The van der Waals surface area contributed by atoms with Gasteiger partial charge < -0.3 is 10.6 Å². The summed E-state index contributed by atoms with van der Waals surface area (Å²) in [4.78, 5) is 18.0. The van der Waals surface area contributed by atoms with Crippen LogP contribution in [0.2, 0.25) is 0 Å². The van der Waals surface area contributed by atoms with Gasteiger partial charge in [0, 0.05) is 18.4 Å².